The molecule has 0 unspecified atom stereocenters. The molecular formula is C16H12FN3O. The van der Waals surface area contributed by atoms with E-state index < -0.39 is 0 Å². The van der Waals surface area contributed by atoms with Gasteiger partial charge < -0.3 is 9.84 Å². The number of fused-ring (bicyclic) bond motifs is 1. The van der Waals surface area contributed by atoms with Crippen LogP contribution in [0.2, 0.25) is 0 Å². The van der Waals surface area contributed by atoms with Crippen molar-refractivity contribution >= 4 is 5.69 Å². The largest absolute Gasteiger partial charge is 0.373 e. The van der Waals surface area contributed by atoms with Gasteiger partial charge in [-0.25, -0.2) is 4.39 Å². The van der Waals surface area contributed by atoms with Gasteiger partial charge in [-0.15, -0.1) is 0 Å². The Balaban J connectivity index is 1.63. The van der Waals surface area contributed by atoms with E-state index in [1.165, 1.54) is 11.6 Å². The SMILES string of the molecule is Fc1ccccc1-c1noc([C@@H]2Cc3ccccc3N2)n1. The average molecular weight is 281 g/mol. The number of halogens is 1. The lowest BCUT2D eigenvalue weighted by Crippen LogP contribution is -2.05. The Bertz CT molecular complexity index is 774. The molecule has 1 aliphatic heterocycles. The molecule has 0 aliphatic carbocycles. The molecule has 1 atom stereocenters. The summed E-state index contributed by atoms with van der Waals surface area (Å²) in [5.74, 6) is 0.401. The van der Waals surface area contributed by atoms with Crippen LogP contribution < -0.4 is 5.32 Å². The van der Waals surface area contributed by atoms with Crippen LogP contribution in [-0.4, -0.2) is 10.1 Å². The summed E-state index contributed by atoms with van der Waals surface area (Å²) in [6.45, 7) is 0. The van der Waals surface area contributed by atoms with Gasteiger partial charge in [0, 0.05) is 12.1 Å². The standard InChI is InChI=1S/C16H12FN3O/c17-12-7-3-2-6-11(12)15-19-16(21-20-15)14-9-10-5-1-4-8-13(10)18-14/h1-8,14,18H,9H2/t14-/m0/s1. The maximum absolute atomic E-state index is 13.7. The van der Waals surface area contributed by atoms with E-state index >= 15 is 0 Å². The highest BCUT2D eigenvalue weighted by atomic mass is 19.1. The first-order chi connectivity index (χ1) is 10.3. The lowest BCUT2D eigenvalue weighted by atomic mass is 10.1. The number of rotatable bonds is 2. The van der Waals surface area contributed by atoms with Crippen molar-refractivity contribution in [3.05, 3.63) is 65.8 Å². The number of nitrogens with zero attached hydrogens (tertiary/aromatic N) is 2. The maximum Gasteiger partial charge on any atom is 0.249 e. The summed E-state index contributed by atoms with van der Waals surface area (Å²) in [7, 11) is 0. The first-order valence-electron chi connectivity index (χ1n) is 6.74. The second-order valence-electron chi connectivity index (χ2n) is 4.99. The molecule has 0 fully saturated rings. The summed E-state index contributed by atoms with van der Waals surface area (Å²) in [4.78, 5) is 4.33. The van der Waals surface area contributed by atoms with E-state index in [9.17, 15) is 4.39 Å². The summed E-state index contributed by atoms with van der Waals surface area (Å²) in [5, 5.41) is 7.23. The molecule has 5 heteroatoms. The molecular weight excluding hydrogens is 269 g/mol. The molecule has 0 amide bonds. The van der Waals surface area contributed by atoms with Gasteiger partial charge in [0.2, 0.25) is 11.7 Å². The van der Waals surface area contributed by atoms with Crippen LogP contribution >= 0.6 is 0 Å². The third-order valence-corrected chi connectivity index (χ3v) is 3.63. The number of anilines is 1. The number of para-hydroxylation sites is 1. The Hall–Kier alpha value is -2.69. The third kappa shape index (κ3) is 2.07. The molecule has 0 saturated carbocycles. The molecule has 2 heterocycles. The van der Waals surface area contributed by atoms with Crippen LogP contribution in [0.5, 0.6) is 0 Å². The predicted molar refractivity (Wildman–Crippen MR) is 76.2 cm³/mol. The van der Waals surface area contributed by atoms with Crippen molar-refractivity contribution < 1.29 is 8.91 Å². The average Bonchev–Trinajstić information content (AvgIpc) is 3.14. The van der Waals surface area contributed by atoms with Gasteiger partial charge in [0.1, 0.15) is 11.9 Å². The first kappa shape index (κ1) is 12.1. The fourth-order valence-electron chi connectivity index (χ4n) is 2.58. The summed E-state index contributed by atoms with van der Waals surface area (Å²) in [6.07, 6.45) is 0.787. The van der Waals surface area contributed by atoms with Crippen LogP contribution in [0, 0.1) is 5.82 Å². The van der Waals surface area contributed by atoms with E-state index in [2.05, 4.69) is 21.5 Å². The molecule has 2 aromatic carbocycles. The molecule has 21 heavy (non-hydrogen) atoms. The number of aromatic nitrogens is 2. The Morgan fingerprint density at radius 1 is 1.10 bits per heavy atom. The molecule has 104 valence electrons. The number of benzene rings is 2. The van der Waals surface area contributed by atoms with Crippen molar-refractivity contribution in [1.82, 2.24) is 10.1 Å². The molecule has 0 saturated heterocycles. The second-order valence-corrected chi connectivity index (χ2v) is 4.99. The van der Waals surface area contributed by atoms with Crippen LogP contribution in [0.15, 0.2) is 53.1 Å². The Kier molecular flexibility index (Phi) is 2.70. The summed E-state index contributed by atoms with van der Waals surface area (Å²) < 4.78 is 19.0. The van der Waals surface area contributed by atoms with Crippen molar-refractivity contribution in [3.8, 4) is 11.4 Å². The van der Waals surface area contributed by atoms with Gasteiger partial charge in [0.25, 0.3) is 0 Å². The van der Waals surface area contributed by atoms with Crippen molar-refractivity contribution in [3.63, 3.8) is 0 Å². The van der Waals surface area contributed by atoms with Crippen LogP contribution in [0.1, 0.15) is 17.5 Å². The molecule has 4 rings (SSSR count). The molecule has 3 aromatic rings. The van der Waals surface area contributed by atoms with Crippen LogP contribution in [0.3, 0.4) is 0 Å². The molecule has 0 radical (unpaired) electrons. The molecule has 1 N–H and O–H groups in total. The molecule has 1 aromatic heterocycles. The van der Waals surface area contributed by atoms with E-state index in [0.29, 0.717) is 11.5 Å². The van der Waals surface area contributed by atoms with Gasteiger partial charge in [-0.3, -0.25) is 0 Å². The van der Waals surface area contributed by atoms with Gasteiger partial charge in [-0.05, 0) is 23.8 Å². The highest BCUT2D eigenvalue weighted by Crippen LogP contribution is 2.33. The summed E-state index contributed by atoms with van der Waals surface area (Å²) in [5.41, 5.74) is 2.64. The minimum atomic E-state index is -0.354. The van der Waals surface area contributed by atoms with Gasteiger partial charge in [0.05, 0.1) is 5.56 Å². The van der Waals surface area contributed by atoms with E-state index in [-0.39, 0.29) is 17.7 Å². The Morgan fingerprint density at radius 2 is 1.90 bits per heavy atom. The van der Waals surface area contributed by atoms with Gasteiger partial charge in [-0.1, -0.05) is 35.5 Å². The number of hydrogen-bond donors (Lipinski definition) is 1. The monoisotopic (exact) mass is 281 g/mol. The fraction of sp³-hybridized carbons (Fsp3) is 0.125. The van der Waals surface area contributed by atoms with Crippen molar-refractivity contribution in [1.29, 1.82) is 0 Å². The van der Waals surface area contributed by atoms with Gasteiger partial charge in [-0.2, -0.15) is 4.98 Å². The van der Waals surface area contributed by atoms with Crippen LogP contribution in [0.25, 0.3) is 11.4 Å². The minimum absolute atomic E-state index is 0.0598. The quantitative estimate of drug-likeness (QED) is 0.780. The zero-order valence-electron chi connectivity index (χ0n) is 11.1. The fourth-order valence-corrected chi connectivity index (χ4v) is 2.58. The zero-order valence-corrected chi connectivity index (χ0v) is 11.1. The topological polar surface area (TPSA) is 51.0 Å². The van der Waals surface area contributed by atoms with E-state index in [0.717, 1.165) is 12.1 Å². The summed E-state index contributed by atoms with van der Waals surface area (Å²) >= 11 is 0. The Morgan fingerprint density at radius 3 is 2.76 bits per heavy atom. The van der Waals surface area contributed by atoms with E-state index in [1.807, 2.05) is 18.2 Å². The first-order valence-corrected chi connectivity index (χ1v) is 6.74. The van der Waals surface area contributed by atoms with Crippen molar-refractivity contribution in [2.45, 2.75) is 12.5 Å². The molecule has 0 bridgehead atoms. The lowest BCUT2D eigenvalue weighted by Gasteiger charge is -2.04. The van der Waals surface area contributed by atoms with E-state index in [1.54, 1.807) is 18.2 Å². The van der Waals surface area contributed by atoms with E-state index in [4.69, 9.17) is 4.52 Å². The highest BCUT2D eigenvalue weighted by molar-refractivity contribution is 5.58. The summed E-state index contributed by atoms with van der Waals surface area (Å²) in [6, 6.07) is 14.4. The molecule has 1 aliphatic rings. The smallest absolute Gasteiger partial charge is 0.249 e. The number of nitrogens with one attached hydrogen (secondary N) is 1. The van der Waals surface area contributed by atoms with Gasteiger partial charge in [0.15, 0.2) is 0 Å². The van der Waals surface area contributed by atoms with Crippen molar-refractivity contribution in [2.75, 3.05) is 5.32 Å². The second kappa shape index (κ2) is 4.70. The number of hydrogen-bond acceptors (Lipinski definition) is 4. The molecule has 0 spiro atoms. The van der Waals surface area contributed by atoms with Gasteiger partial charge >= 0.3 is 0 Å². The zero-order chi connectivity index (χ0) is 14.2. The highest BCUT2D eigenvalue weighted by Gasteiger charge is 2.27. The van der Waals surface area contributed by atoms with Crippen LogP contribution in [0.4, 0.5) is 10.1 Å². The normalized spacial score (nSPS) is 16.5. The maximum atomic E-state index is 13.7. The lowest BCUT2D eigenvalue weighted by molar-refractivity contribution is 0.364. The van der Waals surface area contributed by atoms with Crippen LogP contribution in [-0.2, 0) is 6.42 Å². The Labute approximate surface area is 120 Å². The van der Waals surface area contributed by atoms with Crippen molar-refractivity contribution in [2.24, 2.45) is 0 Å². The molecule has 4 nitrogen and oxygen atoms in total. The predicted octanol–water partition coefficient (Wildman–Crippen LogP) is 3.59. The minimum Gasteiger partial charge on any atom is -0.373 e. The third-order valence-electron chi connectivity index (χ3n) is 3.63.